The fourth-order valence-corrected chi connectivity index (χ4v) is 1.21. The van der Waals surface area contributed by atoms with Crippen molar-refractivity contribution in [2.24, 2.45) is 0 Å². The molecule has 1 saturated carbocycles. The van der Waals surface area contributed by atoms with Gasteiger partial charge in [0.25, 0.3) is 0 Å². The average molecular weight is 153 g/mol. The number of rotatable bonds is 1. The minimum atomic E-state index is -0.521. The van der Waals surface area contributed by atoms with Crippen LogP contribution >= 0.6 is 0 Å². The third-order valence-corrected chi connectivity index (χ3v) is 1.92. The molecule has 0 bridgehead atoms. The zero-order valence-corrected chi connectivity index (χ0v) is 5.90. The van der Waals surface area contributed by atoms with Gasteiger partial charge in [-0.2, -0.15) is 0 Å². The topological polar surface area (TPSA) is 0 Å². The van der Waals surface area contributed by atoms with Crippen LogP contribution in [-0.2, 0) is 0 Å². The molecule has 1 aliphatic rings. The van der Waals surface area contributed by atoms with Crippen molar-refractivity contribution < 1.29 is 8.78 Å². The molecule has 0 heterocycles. The highest BCUT2D eigenvalue weighted by Gasteiger charge is 2.29. The van der Waals surface area contributed by atoms with E-state index in [2.05, 4.69) is 6.07 Å². The molecule has 2 heteroatoms. The van der Waals surface area contributed by atoms with Crippen LogP contribution in [0.25, 0.3) is 0 Å². The van der Waals surface area contributed by atoms with E-state index in [1.54, 1.807) is 0 Å². The molecule has 1 fully saturated rings. The van der Waals surface area contributed by atoms with Crippen molar-refractivity contribution in [1.82, 2.24) is 0 Å². The van der Waals surface area contributed by atoms with E-state index < -0.39 is 11.6 Å². The van der Waals surface area contributed by atoms with Crippen LogP contribution in [0.4, 0.5) is 8.78 Å². The van der Waals surface area contributed by atoms with Gasteiger partial charge >= 0.3 is 0 Å². The van der Waals surface area contributed by atoms with Crippen LogP contribution in [0.15, 0.2) is 12.1 Å². The molecular formula is C9H7F2. The Morgan fingerprint density at radius 3 is 2.64 bits per heavy atom. The quantitative estimate of drug-likeness (QED) is 0.581. The standard InChI is InChI=1S/C9H7F2/c10-7-2-1-3-8(11)9(7)6-4-5-6/h1-2,6H,4-5H2. The monoisotopic (exact) mass is 153 g/mol. The number of hydrogen-bond acceptors (Lipinski definition) is 0. The lowest BCUT2D eigenvalue weighted by Gasteiger charge is -1.99. The van der Waals surface area contributed by atoms with Crippen molar-refractivity contribution in [3.63, 3.8) is 0 Å². The third-order valence-electron chi connectivity index (χ3n) is 1.92. The Hall–Kier alpha value is -0.920. The molecule has 0 nitrogen and oxygen atoms in total. The van der Waals surface area contributed by atoms with Gasteiger partial charge in [-0.3, -0.25) is 0 Å². The van der Waals surface area contributed by atoms with Crippen molar-refractivity contribution >= 4 is 0 Å². The maximum absolute atomic E-state index is 12.9. The predicted molar refractivity (Wildman–Crippen MR) is 37.2 cm³/mol. The SMILES string of the molecule is Fc1[c]ccc(F)c1C1CC1. The molecule has 1 radical (unpaired) electrons. The van der Waals surface area contributed by atoms with Gasteiger partial charge in [0.1, 0.15) is 11.6 Å². The summed E-state index contributed by atoms with van der Waals surface area (Å²) in [6.07, 6.45) is 1.82. The third kappa shape index (κ3) is 1.13. The minimum Gasteiger partial charge on any atom is -0.207 e. The first-order valence-corrected chi connectivity index (χ1v) is 3.64. The summed E-state index contributed by atoms with van der Waals surface area (Å²) in [6, 6.07) is 4.89. The summed E-state index contributed by atoms with van der Waals surface area (Å²) >= 11 is 0. The normalized spacial score (nSPS) is 16.9. The van der Waals surface area contributed by atoms with E-state index in [4.69, 9.17) is 0 Å². The largest absolute Gasteiger partial charge is 0.207 e. The van der Waals surface area contributed by atoms with Gasteiger partial charge in [-0.1, -0.05) is 0 Å². The fraction of sp³-hybridized carbons (Fsp3) is 0.333. The van der Waals surface area contributed by atoms with E-state index in [9.17, 15) is 8.78 Å². The summed E-state index contributed by atoms with van der Waals surface area (Å²) in [6.45, 7) is 0. The van der Waals surface area contributed by atoms with Gasteiger partial charge < -0.3 is 0 Å². The fourth-order valence-electron chi connectivity index (χ4n) is 1.21. The van der Waals surface area contributed by atoms with E-state index in [0.717, 1.165) is 12.8 Å². The Labute approximate surface area is 63.9 Å². The van der Waals surface area contributed by atoms with Gasteiger partial charge in [-0.15, -0.1) is 0 Å². The number of hydrogen-bond donors (Lipinski definition) is 0. The molecule has 1 aliphatic carbocycles. The molecule has 57 valence electrons. The predicted octanol–water partition coefficient (Wildman–Crippen LogP) is 2.64. The van der Waals surface area contributed by atoms with E-state index in [0.29, 0.717) is 0 Å². The van der Waals surface area contributed by atoms with E-state index >= 15 is 0 Å². The first-order chi connectivity index (χ1) is 5.29. The molecule has 1 aromatic rings. The van der Waals surface area contributed by atoms with Gasteiger partial charge in [0.15, 0.2) is 0 Å². The van der Waals surface area contributed by atoms with Crippen molar-refractivity contribution in [1.29, 1.82) is 0 Å². The second-order valence-corrected chi connectivity index (χ2v) is 2.83. The summed E-state index contributed by atoms with van der Waals surface area (Å²) in [5.74, 6) is -0.830. The Kier molecular flexibility index (Phi) is 1.41. The summed E-state index contributed by atoms with van der Waals surface area (Å²) < 4.78 is 25.7. The Morgan fingerprint density at radius 2 is 2.09 bits per heavy atom. The van der Waals surface area contributed by atoms with Crippen LogP contribution < -0.4 is 0 Å². The Balaban J connectivity index is 2.48. The molecule has 0 spiro atoms. The molecule has 1 aromatic carbocycles. The first-order valence-electron chi connectivity index (χ1n) is 3.64. The second-order valence-electron chi connectivity index (χ2n) is 2.83. The zero-order chi connectivity index (χ0) is 7.84. The van der Waals surface area contributed by atoms with Crippen LogP contribution in [0.1, 0.15) is 24.3 Å². The van der Waals surface area contributed by atoms with E-state index in [-0.39, 0.29) is 11.5 Å². The summed E-state index contributed by atoms with van der Waals surface area (Å²) in [5, 5.41) is 0. The van der Waals surface area contributed by atoms with Gasteiger partial charge in [-0.05, 0) is 30.9 Å². The van der Waals surface area contributed by atoms with E-state index in [1.807, 2.05) is 0 Å². The maximum Gasteiger partial charge on any atom is 0.137 e. The molecule has 0 amide bonds. The number of halogens is 2. The second kappa shape index (κ2) is 2.29. The molecule has 0 unspecified atom stereocenters. The van der Waals surface area contributed by atoms with Crippen LogP contribution in [0.5, 0.6) is 0 Å². The molecule has 0 N–H and O–H groups in total. The number of benzene rings is 1. The van der Waals surface area contributed by atoms with Crippen LogP contribution in [-0.4, -0.2) is 0 Å². The van der Waals surface area contributed by atoms with Gasteiger partial charge in [0, 0.05) is 11.6 Å². The highest BCUT2D eigenvalue weighted by molar-refractivity contribution is 5.26. The maximum atomic E-state index is 12.9. The van der Waals surface area contributed by atoms with Gasteiger partial charge in [0.05, 0.1) is 0 Å². The molecule has 0 atom stereocenters. The summed E-state index contributed by atoms with van der Waals surface area (Å²) in [5.41, 5.74) is 0.229. The summed E-state index contributed by atoms with van der Waals surface area (Å²) in [7, 11) is 0. The smallest absolute Gasteiger partial charge is 0.137 e. The Bertz CT molecular complexity index is 257. The lowest BCUT2D eigenvalue weighted by molar-refractivity contribution is 0.555. The van der Waals surface area contributed by atoms with Crippen molar-refractivity contribution in [2.75, 3.05) is 0 Å². The molecular weight excluding hydrogens is 146 g/mol. The van der Waals surface area contributed by atoms with Crippen molar-refractivity contribution in [3.05, 3.63) is 35.4 Å². The average Bonchev–Trinajstić information content (AvgIpc) is 2.70. The molecule has 0 aromatic heterocycles. The van der Waals surface area contributed by atoms with E-state index in [1.165, 1.54) is 12.1 Å². The lowest BCUT2D eigenvalue weighted by atomic mass is 10.1. The molecule has 2 rings (SSSR count). The molecule has 11 heavy (non-hydrogen) atoms. The van der Waals surface area contributed by atoms with Crippen molar-refractivity contribution in [3.8, 4) is 0 Å². The Morgan fingerprint density at radius 1 is 1.36 bits per heavy atom. The highest BCUT2D eigenvalue weighted by atomic mass is 19.1. The zero-order valence-electron chi connectivity index (χ0n) is 5.90. The minimum absolute atomic E-state index is 0.118. The van der Waals surface area contributed by atoms with Gasteiger partial charge in [-0.25, -0.2) is 8.78 Å². The van der Waals surface area contributed by atoms with Gasteiger partial charge in [0.2, 0.25) is 0 Å². The van der Waals surface area contributed by atoms with Crippen LogP contribution in [0.2, 0.25) is 0 Å². The first kappa shape index (κ1) is 6.77. The highest BCUT2D eigenvalue weighted by Crippen LogP contribution is 2.42. The summed E-state index contributed by atoms with van der Waals surface area (Å²) in [4.78, 5) is 0. The van der Waals surface area contributed by atoms with Crippen molar-refractivity contribution in [2.45, 2.75) is 18.8 Å². The van der Waals surface area contributed by atoms with Crippen LogP contribution in [0.3, 0.4) is 0 Å². The van der Waals surface area contributed by atoms with Crippen LogP contribution in [0, 0.1) is 17.7 Å². The molecule has 0 saturated heterocycles. The lowest BCUT2D eigenvalue weighted by Crippen LogP contribution is -1.91. The molecule has 0 aliphatic heterocycles.